The third-order valence-corrected chi connectivity index (χ3v) is 3.41. The maximum atomic E-state index is 5.62. The van der Waals surface area contributed by atoms with Crippen molar-refractivity contribution in [3.05, 3.63) is 60.2 Å². The number of nitrogens with zero attached hydrogens (tertiary/aromatic N) is 1. The maximum absolute atomic E-state index is 5.62. The van der Waals surface area contributed by atoms with Gasteiger partial charge in [-0.15, -0.1) is 0 Å². The molecule has 2 aromatic carbocycles. The summed E-state index contributed by atoms with van der Waals surface area (Å²) >= 11 is 5.62. The molecule has 0 bridgehead atoms. The molecule has 0 radical (unpaired) electrons. The van der Waals surface area contributed by atoms with E-state index in [0.29, 0.717) is 0 Å². The van der Waals surface area contributed by atoms with Gasteiger partial charge < -0.3 is 9.64 Å². The summed E-state index contributed by atoms with van der Waals surface area (Å²) in [5, 5.41) is 0. The number of benzene rings is 2. The lowest BCUT2D eigenvalue weighted by atomic mass is 10.1. The number of ether oxygens (including phenoxy) is 1. The van der Waals surface area contributed by atoms with Crippen LogP contribution in [0.15, 0.2) is 54.6 Å². The van der Waals surface area contributed by atoms with E-state index < -0.39 is 0 Å². The molecule has 2 rings (SSSR count). The average Bonchev–Trinajstić information content (AvgIpc) is 2.49. The minimum absolute atomic E-state index is 0.783. The molecule has 0 aliphatic heterocycles. The van der Waals surface area contributed by atoms with Crippen molar-refractivity contribution in [2.45, 2.75) is 6.92 Å². The SMILES string of the molecule is CCN(C(=S)c1ccccc1OC)c1ccccc1. The van der Waals surface area contributed by atoms with Crippen LogP contribution in [-0.2, 0) is 0 Å². The highest BCUT2D eigenvalue weighted by Gasteiger charge is 2.15. The lowest BCUT2D eigenvalue weighted by Gasteiger charge is -2.24. The Bertz CT molecular complexity index is 554. The van der Waals surface area contributed by atoms with Crippen LogP contribution in [0.4, 0.5) is 5.69 Å². The van der Waals surface area contributed by atoms with E-state index >= 15 is 0 Å². The van der Waals surface area contributed by atoms with Crippen molar-refractivity contribution in [3.63, 3.8) is 0 Å². The van der Waals surface area contributed by atoms with E-state index in [1.165, 1.54) is 0 Å². The first kappa shape index (κ1) is 13.6. The van der Waals surface area contributed by atoms with Gasteiger partial charge in [0.15, 0.2) is 0 Å². The zero-order chi connectivity index (χ0) is 13.7. The van der Waals surface area contributed by atoms with Crippen molar-refractivity contribution in [1.29, 1.82) is 0 Å². The van der Waals surface area contributed by atoms with Crippen LogP contribution < -0.4 is 9.64 Å². The molecule has 0 atom stereocenters. The monoisotopic (exact) mass is 271 g/mol. The number of hydrogen-bond acceptors (Lipinski definition) is 2. The number of thiocarbonyl (C=S) groups is 1. The molecule has 98 valence electrons. The smallest absolute Gasteiger partial charge is 0.129 e. The highest BCUT2D eigenvalue weighted by Crippen LogP contribution is 2.23. The summed E-state index contributed by atoms with van der Waals surface area (Å²) < 4.78 is 5.38. The first-order valence-electron chi connectivity index (χ1n) is 6.28. The molecule has 0 spiro atoms. The fourth-order valence-electron chi connectivity index (χ4n) is 2.02. The molecule has 0 aromatic heterocycles. The Kier molecular flexibility index (Phi) is 4.53. The predicted octanol–water partition coefficient (Wildman–Crippen LogP) is 3.90. The van der Waals surface area contributed by atoms with Crippen molar-refractivity contribution < 1.29 is 4.74 Å². The zero-order valence-corrected chi connectivity index (χ0v) is 12.0. The first-order chi connectivity index (χ1) is 9.27. The van der Waals surface area contributed by atoms with Gasteiger partial charge >= 0.3 is 0 Å². The standard InChI is InChI=1S/C16H17NOS/c1-3-17(13-9-5-4-6-10-13)16(19)14-11-7-8-12-15(14)18-2/h4-12H,3H2,1-2H3. The van der Waals surface area contributed by atoms with Gasteiger partial charge in [0.2, 0.25) is 0 Å². The molecule has 0 saturated carbocycles. The van der Waals surface area contributed by atoms with E-state index in [1.54, 1.807) is 7.11 Å². The van der Waals surface area contributed by atoms with E-state index in [2.05, 4.69) is 24.0 Å². The molecule has 3 heteroatoms. The van der Waals surface area contributed by atoms with Crippen LogP contribution in [0.1, 0.15) is 12.5 Å². The summed E-state index contributed by atoms with van der Waals surface area (Å²) in [6.45, 7) is 2.91. The number of hydrogen-bond donors (Lipinski definition) is 0. The maximum Gasteiger partial charge on any atom is 0.129 e. The molecule has 2 nitrogen and oxygen atoms in total. The van der Waals surface area contributed by atoms with Gasteiger partial charge in [-0.25, -0.2) is 0 Å². The summed E-state index contributed by atoms with van der Waals surface area (Å²) in [6.07, 6.45) is 0. The van der Waals surface area contributed by atoms with Gasteiger partial charge in [0, 0.05) is 12.2 Å². The summed E-state index contributed by atoms with van der Waals surface area (Å²) in [7, 11) is 1.67. The Balaban J connectivity index is 2.36. The number of methoxy groups -OCH3 is 1. The summed E-state index contributed by atoms with van der Waals surface area (Å²) in [5.41, 5.74) is 2.05. The highest BCUT2D eigenvalue weighted by molar-refractivity contribution is 7.81. The van der Waals surface area contributed by atoms with Gasteiger partial charge in [-0.3, -0.25) is 0 Å². The molecule has 2 aromatic rings. The molecule has 0 aliphatic rings. The van der Waals surface area contributed by atoms with E-state index in [0.717, 1.165) is 28.5 Å². The second-order valence-corrected chi connectivity index (χ2v) is 4.47. The molecule has 19 heavy (non-hydrogen) atoms. The second-order valence-electron chi connectivity index (χ2n) is 4.09. The van der Waals surface area contributed by atoms with Crippen LogP contribution >= 0.6 is 12.2 Å². The van der Waals surface area contributed by atoms with Crippen molar-refractivity contribution in [2.24, 2.45) is 0 Å². The van der Waals surface area contributed by atoms with Crippen LogP contribution in [0.3, 0.4) is 0 Å². The van der Waals surface area contributed by atoms with Crippen LogP contribution in [0, 0.1) is 0 Å². The van der Waals surface area contributed by atoms with Gasteiger partial charge in [0.05, 0.1) is 12.7 Å². The lowest BCUT2D eigenvalue weighted by molar-refractivity contribution is 0.414. The normalized spacial score (nSPS) is 10.0. The highest BCUT2D eigenvalue weighted by atomic mass is 32.1. The van der Waals surface area contributed by atoms with Gasteiger partial charge in [0.25, 0.3) is 0 Å². The van der Waals surface area contributed by atoms with Gasteiger partial charge in [-0.05, 0) is 31.2 Å². The van der Waals surface area contributed by atoms with Crippen LogP contribution in [0.25, 0.3) is 0 Å². The topological polar surface area (TPSA) is 12.5 Å². The molecular weight excluding hydrogens is 254 g/mol. The van der Waals surface area contributed by atoms with Crippen molar-refractivity contribution in [1.82, 2.24) is 0 Å². The van der Waals surface area contributed by atoms with E-state index in [9.17, 15) is 0 Å². The number of rotatable bonds is 4. The minimum Gasteiger partial charge on any atom is -0.496 e. The van der Waals surface area contributed by atoms with Gasteiger partial charge in [0.1, 0.15) is 10.7 Å². The third kappa shape index (κ3) is 2.93. The Morgan fingerprint density at radius 2 is 1.68 bits per heavy atom. The van der Waals surface area contributed by atoms with Crippen molar-refractivity contribution in [3.8, 4) is 5.75 Å². The van der Waals surface area contributed by atoms with E-state index in [4.69, 9.17) is 17.0 Å². The minimum atomic E-state index is 0.783. The third-order valence-electron chi connectivity index (χ3n) is 2.97. The summed E-state index contributed by atoms with van der Waals surface area (Å²) in [6, 6.07) is 18.0. The van der Waals surface area contributed by atoms with Crippen molar-refractivity contribution >= 4 is 22.9 Å². The van der Waals surface area contributed by atoms with Crippen LogP contribution in [0.2, 0.25) is 0 Å². The summed E-state index contributed by atoms with van der Waals surface area (Å²) in [4.78, 5) is 2.89. The van der Waals surface area contributed by atoms with E-state index in [1.807, 2.05) is 42.5 Å². The molecule has 0 saturated heterocycles. The Morgan fingerprint density at radius 1 is 1.05 bits per heavy atom. The molecule has 0 unspecified atom stereocenters. The molecule has 0 N–H and O–H groups in total. The molecule has 0 amide bonds. The summed E-state index contributed by atoms with van der Waals surface area (Å²) in [5.74, 6) is 0.807. The fourth-order valence-corrected chi connectivity index (χ4v) is 2.42. The van der Waals surface area contributed by atoms with Gasteiger partial charge in [-0.2, -0.15) is 0 Å². The second kappa shape index (κ2) is 6.34. The molecule has 0 aliphatic carbocycles. The Labute approximate surface area is 119 Å². The van der Waals surface area contributed by atoms with Crippen LogP contribution in [-0.4, -0.2) is 18.6 Å². The molecule has 0 fully saturated rings. The zero-order valence-electron chi connectivity index (χ0n) is 11.2. The molecule has 0 heterocycles. The predicted molar refractivity (Wildman–Crippen MR) is 84.2 cm³/mol. The number of anilines is 1. The van der Waals surface area contributed by atoms with Crippen molar-refractivity contribution in [2.75, 3.05) is 18.6 Å². The molecular formula is C16H17NOS. The lowest BCUT2D eigenvalue weighted by Crippen LogP contribution is -2.29. The van der Waals surface area contributed by atoms with Gasteiger partial charge in [-0.1, -0.05) is 42.5 Å². The quantitative estimate of drug-likeness (QED) is 0.783. The largest absolute Gasteiger partial charge is 0.496 e. The Hall–Kier alpha value is -1.87. The van der Waals surface area contributed by atoms with Crippen LogP contribution in [0.5, 0.6) is 5.75 Å². The Morgan fingerprint density at radius 3 is 2.32 bits per heavy atom. The van der Waals surface area contributed by atoms with E-state index in [-0.39, 0.29) is 0 Å². The average molecular weight is 271 g/mol. The number of para-hydroxylation sites is 2. The first-order valence-corrected chi connectivity index (χ1v) is 6.68. The fraction of sp³-hybridized carbons (Fsp3) is 0.188.